The van der Waals surface area contributed by atoms with Gasteiger partial charge in [0, 0.05) is 18.0 Å². The molecule has 1 atom stereocenters. The molecular formula is C23H21F2NO2. The smallest absolute Gasteiger partial charge is 0.258 e. The highest BCUT2D eigenvalue weighted by atomic mass is 19.1. The first-order valence-electron chi connectivity index (χ1n) is 9.01. The second-order valence-electron chi connectivity index (χ2n) is 6.52. The molecule has 0 heterocycles. The Hall–Kier alpha value is -3.21. The molecule has 1 unspecified atom stereocenters. The van der Waals surface area contributed by atoms with Crippen molar-refractivity contribution < 1.29 is 18.3 Å². The van der Waals surface area contributed by atoms with Gasteiger partial charge < -0.3 is 10.1 Å². The molecule has 1 N–H and O–H groups in total. The highest BCUT2D eigenvalue weighted by Crippen LogP contribution is 2.28. The van der Waals surface area contributed by atoms with Crippen molar-refractivity contribution >= 4 is 5.91 Å². The van der Waals surface area contributed by atoms with Crippen molar-refractivity contribution in [3.8, 4) is 5.75 Å². The summed E-state index contributed by atoms with van der Waals surface area (Å²) in [5.74, 6) is -2.13. The third kappa shape index (κ3) is 4.94. The van der Waals surface area contributed by atoms with E-state index in [1.807, 2.05) is 67.6 Å². The number of ether oxygens (including phenoxy) is 1. The van der Waals surface area contributed by atoms with E-state index in [9.17, 15) is 13.6 Å². The Labute approximate surface area is 163 Å². The van der Waals surface area contributed by atoms with Gasteiger partial charge in [0.05, 0.1) is 0 Å². The molecule has 3 aromatic rings. The molecule has 5 heteroatoms. The molecule has 0 saturated heterocycles. The Kier molecular flexibility index (Phi) is 6.37. The molecule has 0 aliphatic heterocycles. The van der Waals surface area contributed by atoms with Crippen LogP contribution in [0.5, 0.6) is 5.75 Å². The minimum Gasteiger partial charge on any atom is -0.481 e. The normalized spacial score (nSPS) is 11.9. The summed E-state index contributed by atoms with van der Waals surface area (Å²) in [6.07, 6.45) is 0. The quantitative estimate of drug-likeness (QED) is 0.645. The number of benzene rings is 3. The molecule has 3 aromatic carbocycles. The molecular weight excluding hydrogens is 360 g/mol. The van der Waals surface area contributed by atoms with Gasteiger partial charge in [0.2, 0.25) is 0 Å². The Balaban J connectivity index is 1.69. The highest BCUT2D eigenvalue weighted by Gasteiger charge is 2.23. The van der Waals surface area contributed by atoms with Crippen molar-refractivity contribution in [2.75, 3.05) is 6.61 Å². The van der Waals surface area contributed by atoms with E-state index in [0.717, 1.165) is 29.3 Å². The average molecular weight is 381 g/mol. The Morgan fingerprint density at radius 2 is 1.50 bits per heavy atom. The van der Waals surface area contributed by atoms with E-state index in [4.69, 9.17) is 4.74 Å². The number of hydrogen-bond acceptors (Lipinski definition) is 2. The fourth-order valence-corrected chi connectivity index (χ4v) is 3.21. The molecule has 1 amide bonds. The van der Waals surface area contributed by atoms with Crippen LogP contribution in [0.1, 0.15) is 24.0 Å². The van der Waals surface area contributed by atoms with Crippen LogP contribution < -0.4 is 10.1 Å². The van der Waals surface area contributed by atoms with E-state index in [1.54, 1.807) is 0 Å². The van der Waals surface area contributed by atoms with E-state index in [2.05, 4.69) is 5.32 Å². The van der Waals surface area contributed by atoms with Gasteiger partial charge in [-0.25, -0.2) is 8.78 Å². The highest BCUT2D eigenvalue weighted by molar-refractivity contribution is 5.78. The number of halogens is 2. The van der Waals surface area contributed by atoms with E-state index in [1.165, 1.54) is 0 Å². The van der Waals surface area contributed by atoms with Gasteiger partial charge in [0.25, 0.3) is 5.91 Å². The lowest BCUT2D eigenvalue weighted by Crippen LogP contribution is -2.40. The van der Waals surface area contributed by atoms with Crippen LogP contribution in [0, 0.1) is 11.6 Å². The van der Waals surface area contributed by atoms with Crippen LogP contribution in [0.4, 0.5) is 8.78 Å². The van der Waals surface area contributed by atoms with Gasteiger partial charge >= 0.3 is 0 Å². The molecule has 0 saturated carbocycles. The summed E-state index contributed by atoms with van der Waals surface area (Å²) in [6, 6.07) is 22.5. The van der Waals surface area contributed by atoms with Crippen molar-refractivity contribution in [2.45, 2.75) is 18.9 Å². The molecule has 0 aliphatic rings. The molecule has 0 bridgehead atoms. The summed E-state index contributed by atoms with van der Waals surface area (Å²) in [5, 5.41) is 2.92. The first kappa shape index (κ1) is 19.5. The lowest BCUT2D eigenvalue weighted by Gasteiger charge is -2.26. The summed E-state index contributed by atoms with van der Waals surface area (Å²) in [5.41, 5.74) is 2.15. The SMILES string of the molecule is CC(NC(=O)COc1ccc(F)cc1F)C(c1ccccc1)c1ccccc1. The topological polar surface area (TPSA) is 38.3 Å². The third-order valence-electron chi connectivity index (χ3n) is 4.46. The van der Waals surface area contributed by atoms with Crippen molar-refractivity contribution in [1.82, 2.24) is 5.32 Å². The predicted molar refractivity (Wildman–Crippen MR) is 104 cm³/mol. The maximum absolute atomic E-state index is 13.6. The minimum absolute atomic E-state index is 0.0473. The Morgan fingerprint density at radius 1 is 0.929 bits per heavy atom. The van der Waals surface area contributed by atoms with E-state index in [-0.39, 0.29) is 30.2 Å². The van der Waals surface area contributed by atoms with Crippen LogP contribution >= 0.6 is 0 Å². The number of rotatable bonds is 7. The van der Waals surface area contributed by atoms with Crippen LogP contribution in [0.3, 0.4) is 0 Å². The molecule has 3 rings (SSSR count). The van der Waals surface area contributed by atoms with Crippen LogP contribution in [-0.2, 0) is 4.79 Å². The molecule has 0 fully saturated rings. The monoisotopic (exact) mass is 381 g/mol. The maximum atomic E-state index is 13.6. The van der Waals surface area contributed by atoms with Gasteiger partial charge in [-0.3, -0.25) is 4.79 Å². The first-order chi connectivity index (χ1) is 13.5. The molecule has 28 heavy (non-hydrogen) atoms. The molecule has 0 radical (unpaired) electrons. The van der Waals surface area contributed by atoms with Crippen LogP contribution in [-0.4, -0.2) is 18.6 Å². The number of amides is 1. The largest absolute Gasteiger partial charge is 0.481 e. The van der Waals surface area contributed by atoms with Gasteiger partial charge in [-0.05, 0) is 30.2 Å². The summed E-state index contributed by atoms with van der Waals surface area (Å²) >= 11 is 0. The van der Waals surface area contributed by atoms with Gasteiger partial charge in [-0.15, -0.1) is 0 Å². The van der Waals surface area contributed by atoms with Crippen LogP contribution in [0.15, 0.2) is 78.9 Å². The average Bonchev–Trinajstić information content (AvgIpc) is 2.69. The predicted octanol–water partition coefficient (Wildman–Crippen LogP) is 4.68. The fourth-order valence-electron chi connectivity index (χ4n) is 3.21. The molecule has 3 nitrogen and oxygen atoms in total. The van der Waals surface area contributed by atoms with Crippen molar-refractivity contribution in [2.24, 2.45) is 0 Å². The zero-order chi connectivity index (χ0) is 19.9. The zero-order valence-corrected chi connectivity index (χ0v) is 15.4. The Morgan fingerprint density at radius 3 is 2.04 bits per heavy atom. The standard InChI is InChI=1S/C23H21F2NO2/c1-16(26-22(27)15-28-21-13-12-19(24)14-20(21)25)23(17-8-4-2-5-9-17)18-10-6-3-7-11-18/h2-14,16,23H,15H2,1H3,(H,26,27). The lowest BCUT2D eigenvalue weighted by molar-refractivity contribution is -0.123. The number of carbonyl (C=O) groups excluding carboxylic acids is 1. The lowest BCUT2D eigenvalue weighted by atomic mass is 9.86. The first-order valence-corrected chi connectivity index (χ1v) is 9.01. The van der Waals surface area contributed by atoms with Crippen LogP contribution in [0.25, 0.3) is 0 Å². The fraction of sp³-hybridized carbons (Fsp3) is 0.174. The van der Waals surface area contributed by atoms with Gasteiger partial charge in [0.1, 0.15) is 5.82 Å². The summed E-state index contributed by atoms with van der Waals surface area (Å²) < 4.78 is 31.8. The van der Waals surface area contributed by atoms with Crippen molar-refractivity contribution in [1.29, 1.82) is 0 Å². The van der Waals surface area contributed by atoms with Crippen molar-refractivity contribution in [3.05, 3.63) is 102 Å². The molecule has 0 aromatic heterocycles. The van der Waals surface area contributed by atoms with E-state index < -0.39 is 11.6 Å². The number of hydrogen-bond donors (Lipinski definition) is 1. The van der Waals surface area contributed by atoms with E-state index >= 15 is 0 Å². The molecule has 0 aliphatic carbocycles. The van der Waals surface area contributed by atoms with Crippen LogP contribution in [0.2, 0.25) is 0 Å². The summed E-state index contributed by atoms with van der Waals surface area (Å²) in [7, 11) is 0. The summed E-state index contributed by atoms with van der Waals surface area (Å²) in [6.45, 7) is 1.56. The van der Waals surface area contributed by atoms with Gasteiger partial charge in [-0.1, -0.05) is 60.7 Å². The van der Waals surface area contributed by atoms with E-state index in [0.29, 0.717) is 0 Å². The minimum atomic E-state index is -0.840. The number of nitrogens with one attached hydrogen (secondary N) is 1. The Bertz CT molecular complexity index is 877. The third-order valence-corrected chi connectivity index (χ3v) is 4.46. The second-order valence-corrected chi connectivity index (χ2v) is 6.52. The van der Waals surface area contributed by atoms with Gasteiger partial charge in [0.15, 0.2) is 18.2 Å². The molecule has 144 valence electrons. The maximum Gasteiger partial charge on any atom is 0.258 e. The zero-order valence-electron chi connectivity index (χ0n) is 15.4. The van der Waals surface area contributed by atoms with Crippen molar-refractivity contribution in [3.63, 3.8) is 0 Å². The summed E-state index contributed by atoms with van der Waals surface area (Å²) in [4.78, 5) is 12.3. The second kappa shape index (κ2) is 9.13. The molecule has 0 spiro atoms. The van der Waals surface area contributed by atoms with Gasteiger partial charge in [-0.2, -0.15) is 0 Å². The number of carbonyl (C=O) groups is 1.